The fourth-order valence-corrected chi connectivity index (χ4v) is 1.90. The monoisotopic (exact) mass is 348 g/mol. The van der Waals surface area contributed by atoms with Crippen LogP contribution in [0.15, 0.2) is 34.8 Å². The molecule has 106 valence electrons. The van der Waals surface area contributed by atoms with Crippen molar-refractivity contribution in [3.8, 4) is 11.5 Å². The summed E-state index contributed by atoms with van der Waals surface area (Å²) < 4.78 is 45.9. The van der Waals surface area contributed by atoms with Crippen LogP contribution in [-0.2, 0) is 4.84 Å². The molecule has 3 nitrogen and oxygen atoms in total. The summed E-state index contributed by atoms with van der Waals surface area (Å²) in [4.78, 5) is 4.68. The van der Waals surface area contributed by atoms with Crippen molar-refractivity contribution >= 4 is 21.6 Å². The van der Waals surface area contributed by atoms with Gasteiger partial charge < -0.3 is 4.74 Å². The van der Waals surface area contributed by atoms with E-state index < -0.39 is 23.2 Å². The van der Waals surface area contributed by atoms with Crippen molar-refractivity contribution < 1.29 is 28.2 Å². The van der Waals surface area contributed by atoms with Crippen molar-refractivity contribution in [2.75, 3.05) is 7.11 Å². The van der Waals surface area contributed by atoms with Crippen LogP contribution in [-0.4, -0.2) is 7.11 Å². The standard InChI is InChI=1S/C13H9BrF3NO2/c1-19-18-7-4-11(16)13(12(17)5-7)20-8-2-3-10(15)9(14)6-8/h2-6,18H,1H3/p+1. The first-order valence-electron chi connectivity index (χ1n) is 5.49. The maximum Gasteiger partial charge on any atom is 0.199 e. The van der Waals surface area contributed by atoms with Gasteiger partial charge in [0.25, 0.3) is 0 Å². The number of rotatable bonds is 4. The average molecular weight is 349 g/mol. The first kappa shape index (κ1) is 14.8. The second kappa shape index (κ2) is 6.25. The first-order chi connectivity index (χ1) is 9.51. The zero-order chi connectivity index (χ0) is 14.7. The molecule has 0 bridgehead atoms. The Bertz CT molecular complexity index is 614. The molecule has 0 heterocycles. The second-order valence-electron chi connectivity index (χ2n) is 3.85. The summed E-state index contributed by atoms with van der Waals surface area (Å²) in [7, 11) is 1.37. The normalized spacial score (nSPS) is 10.7. The molecule has 2 N–H and O–H groups in total. The first-order valence-corrected chi connectivity index (χ1v) is 6.28. The Morgan fingerprint density at radius 1 is 1.00 bits per heavy atom. The zero-order valence-electron chi connectivity index (χ0n) is 10.3. The number of nitrogens with two attached hydrogens (primary N) is 1. The van der Waals surface area contributed by atoms with Gasteiger partial charge in [0.1, 0.15) is 11.6 Å². The molecule has 0 aliphatic heterocycles. The molecule has 0 saturated heterocycles. The lowest BCUT2D eigenvalue weighted by Gasteiger charge is -2.09. The Balaban J connectivity index is 2.31. The number of quaternary nitrogens is 1. The summed E-state index contributed by atoms with van der Waals surface area (Å²) in [6, 6.07) is 5.82. The summed E-state index contributed by atoms with van der Waals surface area (Å²) in [5, 5.41) is 0. The number of hydrogen-bond donors (Lipinski definition) is 1. The van der Waals surface area contributed by atoms with Gasteiger partial charge in [-0.15, -0.1) is 0 Å². The van der Waals surface area contributed by atoms with E-state index in [1.165, 1.54) is 24.7 Å². The van der Waals surface area contributed by atoms with Crippen LogP contribution in [0.1, 0.15) is 0 Å². The van der Waals surface area contributed by atoms with E-state index in [4.69, 9.17) is 4.74 Å². The highest BCUT2D eigenvalue weighted by Crippen LogP contribution is 2.31. The van der Waals surface area contributed by atoms with Crippen LogP contribution in [0.4, 0.5) is 18.9 Å². The third-order valence-electron chi connectivity index (χ3n) is 2.39. The van der Waals surface area contributed by atoms with Gasteiger partial charge in [-0.3, -0.25) is 0 Å². The highest BCUT2D eigenvalue weighted by molar-refractivity contribution is 9.10. The van der Waals surface area contributed by atoms with Gasteiger partial charge in [0.05, 0.1) is 11.6 Å². The molecule has 2 aromatic rings. The van der Waals surface area contributed by atoms with Gasteiger partial charge in [-0.25, -0.2) is 18.0 Å². The average Bonchev–Trinajstić information content (AvgIpc) is 2.38. The largest absolute Gasteiger partial charge is 0.451 e. The molecule has 0 spiro atoms. The van der Waals surface area contributed by atoms with E-state index >= 15 is 0 Å². The molecular formula is C13H10BrF3NO2+. The van der Waals surface area contributed by atoms with E-state index in [9.17, 15) is 13.2 Å². The predicted molar refractivity (Wildman–Crippen MR) is 69.1 cm³/mol. The van der Waals surface area contributed by atoms with Crippen LogP contribution in [0.25, 0.3) is 0 Å². The van der Waals surface area contributed by atoms with Crippen molar-refractivity contribution in [3.05, 3.63) is 52.3 Å². The summed E-state index contributed by atoms with van der Waals surface area (Å²) in [5.41, 5.74) is 1.43. The lowest BCUT2D eigenvalue weighted by atomic mass is 10.2. The molecule has 0 fully saturated rings. The van der Waals surface area contributed by atoms with E-state index in [1.807, 2.05) is 0 Å². The maximum absolute atomic E-state index is 13.8. The van der Waals surface area contributed by atoms with E-state index in [1.54, 1.807) is 0 Å². The van der Waals surface area contributed by atoms with Crippen molar-refractivity contribution in [2.24, 2.45) is 0 Å². The van der Waals surface area contributed by atoms with Gasteiger partial charge in [0.15, 0.2) is 23.1 Å². The summed E-state index contributed by atoms with van der Waals surface area (Å²) in [5.74, 6) is -2.71. The van der Waals surface area contributed by atoms with E-state index in [0.717, 1.165) is 18.2 Å². The molecule has 2 aromatic carbocycles. The molecule has 0 saturated carbocycles. The zero-order valence-corrected chi connectivity index (χ0v) is 11.9. The fourth-order valence-electron chi connectivity index (χ4n) is 1.54. The minimum Gasteiger partial charge on any atom is -0.451 e. The molecule has 0 aliphatic rings. The Labute approximate surface area is 121 Å². The minimum atomic E-state index is -0.881. The van der Waals surface area contributed by atoms with Gasteiger partial charge in [0.2, 0.25) is 0 Å². The van der Waals surface area contributed by atoms with Crippen molar-refractivity contribution in [3.63, 3.8) is 0 Å². The molecule has 7 heteroatoms. The fraction of sp³-hybridized carbons (Fsp3) is 0.0769. The van der Waals surface area contributed by atoms with E-state index in [0.29, 0.717) is 0 Å². The molecule has 0 amide bonds. The smallest absolute Gasteiger partial charge is 0.199 e. The van der Waals surface area contributed by atoms with Gasteiger partial charge in [-0.1, -0.05) is 0 Å². The van der Waals surface area contributed by atoms with E-state index in [2.05, 4.69) is 20.8 Å². The van der Waals surface area contributed by atoms with Gasteiger partial charge in [0, 0.05) is 12.1 Å². The lowest BCUT2D eigenvalue weighted by Crippen LogP contribution is -2.76. The highest BCUT2D eigenvalue weighted by atomic mass is 79.9. The molecule has 0 atom stereocenters. The molecule has 0 aromatic heterocycles. The number of halogens is 4. The van der Waals surface area contributed by atoms with Crippen LogP contribution >= 0.6 is 15.9 Å². The molecule has 2 rings (SSSR count). The highest BCUT2D eigenvalue weighted by Gasteiger charge is 2.16. The Hall–Kier alpha value is -1.57. The lowest BCUT2D eigenvalue weighted by molar-refractivity contribution is -0.830. The van der Waals surface area contributed by atoms with Crippen molar-refractivity contribution in [2.45, 2.75) is 0 Å². The third kappa shape index (κ3) is 3.30. The summed E-state index contributed by atoms with van der Waals surface area (Å²) in [6.45, 7) is 0. The maximum atomic E-state index is 13.8. The van der Waals surface area contributed by atoms with Crippen LogP contribution < -0.4 is 10.2 Å². The van der Waals surface area contributed by atoms with Gasteiger partial charge in [-0.05, 0) is 34.1 Å². The molecule has 0 aliphatic carbocycles. The topological polar surface area (TPSA) is 35.1 Å². The third-order valence-corrected chi connectivity index (χ3v) is 2.99. The quantitative estimate of drug-likeness (QED) is 0.678. The minimum absolute atomic E-state index is 0.111. The van der Waals surface area contributed by atoms with Crippen molar-refractivity contribution in [1.29, 1.82) is 0 Å². The summed E-state index contributed by atoms with van der Waals surface area (Å²) in [6.07, 6.45) is 0. The molecular weight excluding hydrogens is 339 g/mol. The Morgan fingerprint density at radius 3 is 2.20 bits per heavy atom. The van der Waals surface area contributed by atoms with Crippen LogP contribution in [0, 0.1) is 17.5 Å². The molecule has 20 heavy (non-hydrogen) atoms. The van der Waals surface area contributed by atoms with Crippen molar-refractivity contribution in [1.82, 2.24) is 0 Å². The number of hydrogen-bond acceptors (Lipinski definition) is 2. The van der Waals surface area contributed by atoms with Crippen LogP contribution in [0.3, 0.4) is 0 Å². The summed E-state index contributed by atoms with van der Waals surface area (Å²) >= 11 is 2.96. The Morgan fingerprint density at radius 2 is 1.65 bits per heavy atom. The second-order valence-corrected chi connectivity index (χ2v) is 4.70. The van der Waals surface area contributed by atoms with Gasteiger partial charge in [-0.2, -0.15) is 5.48 Å². The Kier molecular flexibility index (Phi) is 4.64. The van der Waals surface area contributed by atoms with Crippen LogP contribution in [0.2, 0.25) is 0 Å². The molecule has 0 radical (unpaired) electrons. The van der Waals surface area contributed by atoms with Crippen LogP contribution in [0.5, 0.6) is 11.5 Å². The van der Waals surface area contributed by atoms with Gasteiger partial charge >= 0.3 is 0 Å². The molecule has 0 unspecified atom stereocenters. The van der Waals surface area contributed by atoms with E-state index in [-0.39, 0.29) is 15.9 Å². The predicted octanol–water partition coefficient (Wildman–Crippen LogP) is 3.42. The number of ether oxygens (including phenoxy) is 1. The number of benzene rings is 2. The SMILES string of the molecule is CO[NH2+]c1cc(F)c(Oc2ccc(F)c(Br)c2)c(F)c1.